The summed E-state index contributed by atoms with van der Waals surface area (Å²) in [5, 5.41) is 11.2. The van der Waals surface area contributed by atoms with Crippen molar-refractivity contribution in [3.63, 3.8) is 0 Å². The van der Waals surface area contributed by atoms with Gasteiger partial charge in [0.05, 0.1) is 5.69 Å². The predicted molar refractivity (Wildman–Crippen MR) is 74.7 cm³/mol. The Labute approximate surface area is 117 Å². The molecule has 0 aliphatic carbocycles. The maximum absolute atomic E-state index is 12.0. The number of rotatable bonds is 3. The van der Waals surface area contributed by atoms with Gasteiger partial charge in [0.15, 0.2) is 5.65 Å². The number of carbonyl (C=O) groups excluding carboxylic acids is 1. The Morgan fingerprint density at radius 3 is 3.00 bits per heavy atom. The number of nitrogens with zero attached hydrogens (tertiary/aromatic N) is 3. The summed E-state index contributed by atoms with van der Waals surface area (Å²) in [6.07, 6.45) is 3.27. The van der Waals surface area contributed by atoms with Gasteiger partial charge >= 0.3 is 0 Å². The number of ether oxygens (including phenoxy) is 1. The minimum absolute atomic E-state index is 0.0824. The van der Waals surface area contributed by atoms with E-state index in [-0.39, 0.29) is 17.9 Å². The molecule has 0 saturated carbocycles. The minimum atomic E-state index is -0.323. The Morgan fingerprint density at radius 2 is 2.30 bits per heavy atom. The molecule has 0 aromatic carbocycles. The summed E-state index contributed by atoms with van der Waals surface area (Å²) in [6.45, 7) is 4.79. The second-order valence-corrected chi connectivity index (χ2v) is 5.35. The molecule has 1 saturated heterocycles. The predicted octanol–water partition coefficient (Wildman–Crippen LogP) is 1.97. The van der Waals surface area contributed by atoms with Gasteiger partial charge in [-0.05, 0) is 25.0 Å². The molecule has 0 radical (unpaired) electrons. The van der Waals surface area contributed by atoms with E-state index in [0.29, 0.717) is 6.61 Å². The first-order valence-electron chi connectivity index (χ1n) is 6.92. The van der Waals surface area contributed by atoms with Crippen molar-refractivity contribution in [3.05, 3.63) is 24.2 Å². The van der Waals surface area contributed by atoms with E-state index in [1.165, 1.54) is 0 Å². The van der Waals surface area contributed by atoms with Crippen molar-refractivity contribution in [2.75, 3.05) is 11.9 Å². The maximum atomic E-state index is 12.0. The second kappa shape index (κ2) is 5.20. The number of anilines is 1. The van der Waals surface area contributed by atoms with Crippen molar-refractivity contribution >= 4 is 17.2 Å². The molecular weight excluding hydrogens is 256 g/mol. The molecule has 1 fully saturated rings. The van der Waals surface area contributed by atoms with Crippen LogP contribution in [0, 0.1) is 0 Å². The standard InChI is InChI=1S/C14H18N4O2/c1-9(2)13-17-16-12-6-5-10(8-18(12)13)15-14(19)11-4-3-7-20-11/h5-6,8-9,11H,3-4,7H2,1-2H3,(H,15,19)/t11-/m0/s1. The van der Waals surface area contributed by atoms with E-state index in [1.54, 1.807) is 0 Å². The third-order valence-corrected chi connectivity index (χ3v) is 3.43. The molecule has 3 rings (SSSR count). The molecule has 1 N–H and O–H groups in total. The first kappa shape index (κ1) is 13.1. The van der Waals surface area contributed by atoms with E-state index >= 15 is 0 Å². The van der Waals surface area contributed by atoms with Crippen LogP contribution in [0.1, 0.15) is 38.4 Å². The molecule has 6 nitrogen and oxygen atoms in total. The first-order chi connectivity index (χ1) is 9.65. The highest BCUT2D eigenvalue weighted by Crippen LogP contribution is 2.18. The Kier molecular flexibility index (Phi) is 3.40. The van der Waals surface area contributed by atoms with Gasteiger partial charge in [-0.15, -0.1) is 10.2 Å². The summed E-state index contributed by atoms with van der Waals surface area (Å²) in [6, 6.07) is 3.69. The monoisotopic (exact) mass is 274 g/mol. The van der Waals surface area contributed by atoms with Crippen LogP contribution in [-0.4, -0.2) is 33.2 Å². The molecule has 20 heavy (non-hydrogen) atoms. The molecule has 0 unspecified atom stereocenters. The zero-order valence-electron chi connectivity index (χ0n) is 11.7. The molecule has 2 aromatic rings. The molecule has 2 aromatic heterocycles. The maximum Gasteiger partial charge on any atom is 0.253 e. The average molecular weight is 274 g/mol. The Balaban J connectivity index is 1.84. The molecule has 106 valence electrons. The molecule has 1 aliphatic rings. The van der Waals surface area contributed by atoms with E-state index in [1.807, 2.05) is 22.7 Å². The lowest BCUT2D eigenvalue weighted by Gasteiger charge is -2.11. The quantitative estimate of drug-likeness (QED) is 0.929. The molecule has 1 atom stereocenters. The average Bonchev–Trinajstić information content (AvgIpc) is 3.07. The summed E-state index contributed by atoms with van der Waals surface area (Å²) < 4.78 is 7.29. The van der Waals surface area contributed by atoms with Gasteiger partial charge < -0.3 is 10.1 Å². The molecule has 1 aliphatic heterocycles. The highest BCUT2D eigenvalue weighted by Gasteiger charge is 2.23. The smallest absolute Gasteiger partial charge is 0.253 e. The fourth-order valence-corrected chi connectivity index (χ4v) is 2.38. The van der Waals surface area contributed by atoms with E-state index in [2.05, 4.69) is 29.4 Å². The highest BCUT2D eigenvalue weighted by molar-refractivity contribution is 5.94. The van der Waals surface area contributed by atoms with Gasteiger partial charge in [0, 0.05) is 18.7 Å². The van der Waals surface area contributed by atoms with Crippen LogP contribution in [0.4, 0.5) is 5.69 Å². The Morgan fingerprint density at radius 1 is 1.45 bits per heavy atom. The minimum Gasteiger partial charge on any atom is -0.368 e. The Hall–Kier alpha value is -1.95. The number of carbonyl (C=O) groups is 1. The van der Waals surface area contributed by atoms with Gasteiger partial charge in [0.2, 0.25) is 0 Å². The van der Waals surface area contributed by atoms with Crippen molar-refractivity contribution in [2.24, 2.45) is 0 Å². The number of hydrogen-bond donors (Lipinski definition) is 1. The van der Waals surface area contributed by atoms with E-state index in [0.717, 1.165) is 30.0 Å². The molecular formula is C14H18N4O2. The summed E-state index contributed by atoms with van der Waals surface area (Å²) in [7, 11) is 0. The zero-order valence-corrected chi connectivity index (χ0v) is 11.7. The number of pyridine rings is 1. The lowest BCUT2D eigenvalue weighted by Crippen LogP contribution is -2.26. The topological polar surface area (TPSA) is 68.5 Å². The van der Waals surface area contributed by atoms with Crippen LogP contribution in [0.25, 0.3) is 5.65 Å². The van der Waals surface area contributed by atoms with Gasteiger partial charge in [0.1, 0.15) is 11.9 Å². The fraction of sp³-hybridized carbons (Fsp3) is 0.500. The SMILES string of the molecule is CC(C)c1nnc2ccc(NC(=O)[C@@H]3CCCO3)cn12. The number of fused-ring (bicyclic) bond motifs is 1. The fourth-order valence-electron chi connectivity index (χ4n) is 2.38. The van der Waals surface area contributed by atoms with Crippen LogP contribution in [0.3, 0.4) is 0 Å². The largest absolute Gasteiger partial charge is 0.368 e. The Bertz CT molecular complexity index is 629. The van der Waals surface area contributed by atoms with E-state index in [4.69, 9.17) is 4.74 Å². The van der Waals surface area contributed by atoms with Crippen molar-refractivity contribution < 1.29 is 9.53 Å². The van der Waals surface area contributed by atoms with Crippen LogP contribution >= 0.6 is 0 Å². The number of aromatic nitrogens is 3. The number of hydrogen-bond acceptors (Lipinski definition) is 4. The van der Waals surface area contributed by atoms with Crippen LogP contribution in [0.2, 0.25) is 0 Å². The zero-order chi connectivity index (χ0) is 14.1. The van der Waals surface area contributed by atoms with Crippen LogP contribution in [-0.2, 0) is 9.53 Å². The summed E-state index contributed by atoms with van der Waals surface area (Å²) in [4.78, 5) is 12.0. The summed E-state index contributed by atoms with van der Waals surface area (Å²) in [5.74, 6) is 1.07. The van der Waals surface area contributed by atoms with Gasteiger partial charge in [-0.25, -0.2) is 0 Å². The number of amides is 1. The second-order valence-electron chi connectivity index (χ2n) is 5.35. The van der Waals surface area contributed by atoms with Crippen molar-refractivity contribution in [2.45, 2.75) is 38.7 Å². The third-order valence-electron chi connectivity index (χ3n) is 3.43. The van der Waals surface area contributed by atoms with Gasteiger partial charge in [0.25, 0.3) is 5.91 Å². The first-order valence-corrected chi connectivity index (χ1v) is 6.92. The molecule has 1 amide bonds. The summed E-state index contributed by atoms with van der Waals surface area (Å²) in [5.41, 5.74) is 1.52. The third kappa shape index (κ3) is 2.38. The molecule has 0 spiro atoms. The van der Waals surface area contributed by atoms with E-state index < -0.39 is 0 Å². The molecule has 6 heteroatoms. The number of nitrogens with one attached hydrogen (secondary N) is 1. The van der Waals surface area contributed by atoms with Crippen LogP contribution in [0.5, 0.6) is 0 Å². The van der Waals surface area contributed by atoms with Gasteiger partial charge in [-0.3, -0.25) is 9.20 Å². The lowest BCUT2D eigenvalue weighted by atomic mass is 10.2. The summed E-state index contributed by atoms with van der Waals surface area (Å²) >= 11 is 0. The van der Waals surface area contributed by atoms with Crippen LogP contribution < -0.4 is 5.32 Å². The van der Waals surface area contributed by atoms with Gasteiger partial charge in [-0.2, -0.15) is 0 Å². The van der Waals surface area contributed by atoms with E-state index in [9.17, 15) is 4.79 Å². The lowest BCUT2D eigenvalue weighted by molar-refractivity contribution is -0.124. The molecule has 3 heterocycles. The van der Waals surface area contributed by atoms with Crippen molar-refractivity contribution in [3.8, 4) is 0 Å². The van der Waals surface area contributed by atoms with Crippen LogP contribution in [0.15, 0.2) is 18.3 Å². The normalized spacial score (nSPS) is 18.9. The van der Waals surface area contributed by atoms with Crippen molar-refractivity contribution in [1.82, 2.24) is 14.6 Å². The molecule has 0 bridgehead atoms. The van der Waals surface area contributed by atoms with Crippen molar-refractivity contribution in [1.29, 1.82) is 0 Å². The highest BCUT2D eigenvalue weighted by atomic mass is 16.5. The van der Waals surface area contributed by atoms with Gasteiger partial charge in [-0.1, -0.05) is 13.8 Å².